The van der Waals surface area contributed by atoms with Gasteiger partial charge in [0, 0.05) is 24.7 Å². The van der Waals surface area contributed by atoms with Crippen molar-refractivity contribution in [3.8, 4) is 11.5 Å². The monoisotopic (exact) mass is 283 g/mol. The van der Waals surface area contributed by atoms with E-state index in [1.165, 1.54) is 19.2 Å². The van der Waals surface area contributed by atoms with Crippen LogP contribution < -0.4 is 5.32 Å². The van der Waals surface area contributed by atoms with E-state index in [0.29, 0.717) is 17.5 Å². The van der Waals surface area contributed by atoms with Gasteiger partial charge in [0.2, 0.25) is 5.89 Å². The molecule has 0 spiro atoms. The first-order valence-corrected chi connectivity index (χ1v) is 7.34. The van der Waals surface area contributed by atoms with E-state index in [9.17, 15) is 4.79 Å². The molecule has 2 saturated heterocycles. The van der Waals surface area contributed by atoms with Crippen molar-refractivity contribution in [3.05, 3.63) is 42.3 Å². The number of carbonyl (C=O) groups is 1. The van der Waals surface area contributed by atoms with Gasteiger partial charge in [0.25, 0.3) is 5.91 Å². The largest absolute Gasteiger partial charge is 0.444 e. The Morgan fingerprint density at radius 1 is 1.29 bits per heavy atom. The molecule has 1 amide bonds. The Bertz CT molecular complexity index is 653. The summed E-state index contributed by atoms with van der Waals surface area (Å²) in [6.07, 6.45) is 2.62. The van der Waals surface area contributed by atoms with Crippen LogP contribution in [-0.2, 0) is 0 Å². The van der Waals surface area contributed by atoms with Gasteiger partial charge >= 0.3 is 0 Å². The summed E-state index contributed by atoms with van der Waals surface area (Å²) in [6, 6.07) is 9.85. The van der Waals surface area contributed by atoms with E-state index < -0.39 is 0 Å². The molecule has 3 atom stereocenters. The van der Waals surface area contributed by atoms with Crippen LogP contribution in [0.2, 0.25) is 0 Å². The highest BCUT2D eigenvalue weighted by atomic mass is 16.3. The van der Waals surface area contributed by atoms with Gasteiger partial charge in [0.05, 0.1) is 0 Å². The van der Waals surface area contributed by atoms with Crippen LogP contribution in [0, 0.1) is 5.92 Å². The van der Waals surface area contributed by atoms with E-state index in [-0.39, 0.29) is 11.9 Å². The van der Waals surface area contributed by atoms with Crippen LogP contribution >= 0.6 is 0 Å². The molecule has 0 radical (unpaired) electrons. The van der Waals surface area contributed by atoms with Crippen LogP contribution in [0.25, 0.3) is 11.5 Å². The molecule has 1 aromatic heterocycles. The molecule has 108 valence electrons. The summed E-state index contributed by atoms with van der Waals surface area (Å²) in [6.45, 7) is 3.23. The third kappa shape index (κ3) is 2.34. The van der Waals surface area contributed by atoms with E-state index >= 15 is 0 Å². The third-order valence-electron chi connectivity index (χ3n) is 4.41. The Labute approximate surface area is 123 Å². The molecule has 2 aromatic rings. The Balaban J connectivity index is 1.47. The number of carbonyl (C=O) groups excluding carboxylic acids is 1. The summed E-state index contributed by atoms with van der Waals surface area (Å²) in [5.41, 5.74) is 1.23. The van der Waals surface area contributed by atoms with Crippen LogP contribution in [0.5, 0.6) is 0 Å². The van der Waals surface area contributed by atoms with Crippen molar-refractivity contribution >= 4 is 5.91 Å². The molecule has 3 heterocycles. The zero-order chi connectivity index (χ0) is 14.2. The Kier molecular flexibility index (Phi) is 3.00. The number of amides is 1. The van der Waals surface area contributed by atoms with Crippen LogP contribution in [-0.4, -0.2) is 41.5 Å². The summed E-state index contributed by atoms with van der Waals surface area (Å²) >= 11 is 0. The molecule has 0 aliphatic carbocycles. The normalized spacial score (nSPS) is 27.0. The number of aromatic nitrogens is 1. The number of nitrogens with zero attached hydrogens (tertiary/aromatic N) is 2. The fourth-order valence-corrected chi connectivity index (χ4v) is 3.28. The predicted octanol–water partition coefficient (Wildman–Crippen LogP) is 1.78. The molecule has 1 aromatic carbocycles. The summed E-state index contributed by atoms with van der Waals surface area (Å²) in [5, 5.41) is 3.09. The lowest BCUT2D eigenvalue weighted by molar-refractivity contribution is 0.0919. The zero-order valence-corrected chi connectivity index (χ0v) is 11.7. The van der Waals surface area contributed by atoms with Crippen molar-refractivity contribution in [2.45, 2.75) is 12.5 Å². The molecule has 21 heavy (non-hydrogen) atoms. The van der Waals surface area contributed by atoms with Gasteiger partial charge in [-0.05, 0) is 31.0 Å². The van der Waals surface area contributed by atoms with Crippen molar-refractivity contribution < 1.29 is 9.21 Å². The number of hydrogen-bond acceptors (Lipinski definition) is 4. The number of hydrogen-bond donors (Lipinski definition) is 1. The lowest BCUT2D eigenvalue weighted by Crippen LogP contribution is -2.43. The number of benzene rings is 1. The van der Waals surface area contributed by atoms with Crippen molar-refractivity contribution in [1.82, 2.24) is 15.2 Å². The van der Waals surface area contributed by atoms with Crippen molar-refractivity contribution in [2.75, 3.05) is 19.6 Å². The Morgan fingerprint density at radius 2 is 2.14 bits per heavy atom. The van der Waals surface area contributed by atoms with Gasteiger partial charge in [0.15, 0.2) is 5.69 Å². The fraction of sp³-hybridized carbons (Fsp3) is 0.375. The number of fused-ring (bicyclic) bond motifs is 2. The average molecular weight is 283 g/mol. The minimum Gasteiger partial charge on any atom is -0.444 e. The first-order valence-electron chi connectivity index (χ1n) is 7.34. The van der Waals surface area contributed by atoms with E-state index in [4.69, 9.17) is 4.42 Å². The topological polar surface area (TPSA) is 58.4 Å². The first-order chi connectivity index (χ1) is 10.3. The molecule has 1 N–H and O–H groups in total. The first kappa shape index (κ1) is 12.6. The predicted molar refractivity (Wildman–Crippen MR) is 77.7 cm³/mol. The number of nitrogens with one attached hydrogen (secondary N) is 1. The Morgan fingerprint density at radius 3 is 2.86 bits per heavy atom. The van der Waals surface area contributed by atoms with Crippen LogP contribution in [0.1, 0.15) is 16.9 Å². The zero-order valence-electron chi connectivity index (χ0n) is 11.7. The lowest BCUT2D eigenvalue weighted by atomic mass is 10.00. The fourth-order valence-electron chi connectivity index (χ4n) is 3.28. The summed E-state index contributed by atoms with van der Waals surface area (Å²) < 4.78 is 5.42. The molecule has 0 saturated carbocycles. The maximum absolute atomic E-state index is 12.3. The molecule has 2 fully saturated rings. The van der Waals surface area contributed by atoms with E-state index in [1.807, 2.05) is 30.3 Å². The second-order valence-electron chi connectivity index (χ2n) is 5.79. The van der Waals surface area contributed by atoms with Gasteiger partial charge in [-0.25, -0.2) is 4.98 Å². The molecule has 2 bridgehead atoms. The molecule has 5 nitrogen and oxygen atoms in total. The third-order valence-corrected chi connectivity index (χ3v) is 4.41. The van der Waals surface area contributed by atoms with E-state index in [1.54, 1.807) is 0 Å². The van der Waals surface area contributed by atoms with Gasteiger partial charge in [0.1, 0.15) is 6.26 Å². The number of rotatable bonds is 3. The molecule has 4 rings (SSSR count). The second-order valence-corrected chi connectivity index (χ2v) is 5.79. The van der Waals surface area contributed by atoms with Gasteiger partial charge < -0.3 is 14.6 Å². The SMILES string of the molecule is O=C(N[C@H]1CN2CC[C@@H]1C2)c1coc(-c2ccccc2)n1. The van der Waals surface area contributed by atoms with Crippen LogP contribution in [0.3, 0.4) is 0 Å². The van der Waals surface area contributed by atoms with Gasteiger partial charge in [-0.15, -0.1) is 0 Å². The molecular weight excluding hydrogens is 266 g/mol. The minimum atomic E-state index is -0.139. The number of oxazole rings is 1. The Hall–Kier alpha value is -2.14. The minimum absolute atomic E-state index is 0.139. The highest BCUT2D eigenvalue weighted by Crippen LogP contribution is 2.28. The molecule has 2 aliphatic rings. The van der Waals surface area contributed by atoms with Crippen molar-refractivity contribution in [1.29, 1.82) is 0 Å². The van der Waals surface area contributed by atoms with Gasteiger partial charge in [-0.2, -0.15) is 0 Å². The summed E-state index contributed by atoms with van der Waals surface area (Å²) in [7, 11) is 0. The highest BCUT2D eigenvalue weighted by Gasteiger charge is 2.38. The molecule has 5 heteroatoms. The van der Waals surface area contributed by atoms with Crippen LogP contribution in [0.15, 0.2) is 41.0 Å². The molecule has 1 unspecified atom stereocenters. The van der Waals surface area contributed by atoms with Crippen molar-refractivity contribution in [2.24, 2.45) is 5.92 Å². The maximum Gasteiger partial charge on any atom is 0.273 e. The summed E-state index contributed by atoms with van der Waals surface area (Å²) in [4.78, 5) is 19.0. The number of piperidine rings is 1. The van der Waals surface area contributed by atoms with Gasteiger partial charge in [-0.1, -0.05) is 18.2 Å². The van der Waals surface area contributed by atoms with E-state index in [2.05, 4.69) is 15.2 Å². The summed E-state index contributed by atoms with van der Waals surface area (Å²) in [5.74, 6) is 0.937. The lowest BCUT2D eigenvalue weighted by Gasteiger charge is -2.22. The quantitative estimate of drug-likeness (QED) is 0.932. The highest BCUT2D eigenvalue weighted by molar-refractivity contribution is 5.92. The van der Waals surface area contributed by atoms with E-state index in [0.717, 1.165) is 18.7 Å². The standard InChI is InChI=1S/C16H17N3O2/c20-15(17-13-9-19-7-6-12(13)8-19)14-10-21-16(18-14)11-4-2-1-3-5-11/h1-5,10,12-13H,6-9H2,(H,17,20)/t12-,13+/m1/s1. The molecule has 2 aliphatic heterocycles. The molecular formula is C16H17N3O2. The maximum atomic E-state index is 12.3. The van der Waals surface area contributed by atoms with Gasteiger partial charge in [-0.3, -0.25) is 4.79 Å². The van der Waals surface area contributed by atoms with Crippen molar-refractivity contribution in [3.63, 3.8) is 0 Å². The average Bonchev–Trinajstić information content (AvgIpc) is 3.24. The van der Waals surface area contributed by atoms with Crippen LogP contribution in [0.4, 0.5) is 0 Å². The second kappa shape index (κ2) is 5.00. The smallest absolute Gasteiger partial charge is 0.273 e.